The Bertz CT molecular complexity index is 573. The lowest BCUT2D eigenvalue weighted by Crippen LogP contribution is -1.99. The molecule has 2 rings (SSSR count). The molecule has 0 fully saturated rings. The van der Waals surface area contributed by atoms with E-state index < -0.39 is 0 Å². The van der Waals surface area contributed by atoms with Crippen molar-refractivity contribution in [3.63, 3.8) is 0 Å². The van der Waals surface area contributed by atoms with Crippen LogP contribution in [0.25, 0.3) is 0 Å². The van der Waals surface area contributed by atoms with Crippen LogP contribution >= 0.6 is 0 Å². The normalized spacial score (nSPS) is 9.68. The molecule has 0 radical (unpaired) electrons. The molecule has 0 N–H and O–H groups in total. The number of hydrogen-bond acceptors (Lipinski definition) is 3. The van der Waals surface area contributed by atoms with Crippen LogP contribution in [-0.4, -0.2) is 6.61 Å². The zero-order valence-corrected chi connectivity index (χ0v) is 10.8. The molecule has 0 aliphatic carbocycles. The molecule has 0 aliphatic heterocycles. The topological polar surface area (TPSA) is 42.2 Å². The Kier molecular flexibility index (Phi) is 4.41. The lowest BCUT2D eigenvalue weighted by atomic mass is 10.2. The molecule has 2 aromatic rings. The van der Waals surface area contributed by atoms with Crippen LogP contribution < -0.4 is 9.47 Å². The minimum Gasteiger partial charge on any atom is -0.488 e. The number of hydrogen-bond donors (Lipinski definition) is 0. The van der Waals surface area contributed by atoms with Gasteiger partial charge in [0, 0.05) is 0 Å². The van der Waals surface area contributed by atoms with Crippen molar-refractivity contribution in [3.05, 3.63) is 54.1 Å². The molecule has 0 saturated heterocycles. The fraction of sp³-hybridized carbons (Fsp3) is 0.188. The van der Waals surface area contributed by atoms with Crippen molar-refractivity contribution < 1.29 is 9.47 Å². The van der Waals surface area contributed by atoms with E-state index in [1.807, 2.05) is 37.3 Å². The maximum atomic E-state index is 9.12. The molecule has 0 saturated carbocycles. The summed E-state index contributed by atoms with van der Waals surface area (Å²) in [5, 5.41) is 9.12. The highest BCUT2D eigenvalue weighted by Crippen LogP contribution is 2.34. The summed E-state index contributed by atoms with van der Waals surface area (Å²) in [4.78, 5) is 0. The molecule has 0 heterocycles. The first-order chi connectivity index (χ1) is 9.35. The van der Waals surface area contributed by atoms with Crippen LogP contribution in [0.2, 0.25) is 0 Å². The van der Waals surface area contributed by atoms with E-state index in [9.17, 15) is 0 Å². The summed E-state index contributed by atoms with van der Waals surface area (Å²) < 4.78 is 11.4. The molecule has 0 amide bonds. The van der Waals surface area contributed by atoms with E-state index in [0.29, 0.717) is 23.7 Å². The Morgan fingerprint density at radius 3 is 2.53 bits per heavy atom. The van der Waals surface area contributed by atoms with E-state index in [1.165, 1.54) is 0 Å². The van der Waals surface area contributed by atoms with E-state index >= 15 is 0 Å². The van der Waals surface area contributed by atoms with Gasteiger partial charge in [-0.05, 0) is 30.7 Å². The third kappa shape index (κ3) is 3.26. The van der Waals surface area contributed by atoms with Gasteiger partial charge in [-0.1, -0.05) is 31.2 Å². The molecular formula is C16H15NO2. The molecule has 0 spiro atoms. The van der Waals surface area contributed by atoms with E-state index in [0.717, 1.165) is 12.2 Å². The van der Waals surface area contributed by atoms with Crippen LogP contribution in [0.3, 0.4) is 0 Å². The smallest absolute Gasteiger partial charge is 0.179 e. The van der Waals surface area contributed by atoms with Crippen LogP contribution in [0.5, 0.6) is 17.2 Å². The summed E-state index contributed by atoms with van der Waals surface area (Å²) >= 11 is 0. The zero-order valence-electron chi connectivity index (χ0n) is 10.8. The van der Waals surface area contributed by atoms with Gasteiger partial charge in [-0.25, -0.2) is 0 Å². The SMILES string of the molecule is CCCOc1c(C#N)cccc1Oc1ccccc1. The third-order valence-electron chi connectivity index (χ3n) is 2.52. The van der Waals surface area contributed by atoms with Gasteiger partial charge in [0.05, 0.1) is 12.2 Å². The van der Waals surface area contributed by atoms with Crippen LogP contribution in [0.15, 0.2) is 48.5 Å². The highest BCUT2D eigenvalue weighted by Gasteiger charge is 2.11. The quantitative estimate of drug-likeness (QED) is 0.804. The van der Waals surface area contributed by atoms with Gasteiger partial charge in [0.2, 0.25) is 0 Å². The average Bonchev–Trinajstić information content (AvgIpc) is 2.46. The van der Waals surface area contributed by atoms with Crippen molar-refractivity contribution in [1.29, 1.82) is 5.26 Å². The van der Waals surface area contributed by atoms with E-state index in [2.05, 4.69) is 6.07 Å². The maximum Gasteiger partial charge on any atom is 0.179 e. The maximum absolute atomic E-state index is 9.12. The van der Waals surface area contributed by atoms with Gasteiger partial charge < -0.3 is 9.47 Å². The number of rotatable bonds is 5. The van der Waals surface area contributed by atoms with Gasteiger partial charge in [0.25, 0.3) is 0 Å². The average molecular weight is 253 g/mol. The summed E-state index contributed by atoms with van der Waals surface area (Å²) in [6.07, 6.45) is 0.880. The molecule has 2 aromatic carbocycles. The van der Waals surface area contributed by atoms with Crippen LogP contribution in [0.4, 0.5) is 0 Å². The van der Waals surface area contributed by atoms with Crippen LogP contribution in [-0.2, 0) is 0 Å². The predicted molar refractivity (Wildman–Crippen MR) is 73.5 cm³/mol. The standard InChI is InChI=1S/C16H15NO2/c1-2-11-18-16-13(12-17)7-6-10-15(16)19-14-8-4-3-5-9-14/h3-10H,2,11H2,1H3. The molecule has 0 atom stereocenters. The number of nitriles is 1. The Balaban J connectivity index is 2.31. The van der Waals surface area contributed by atoms with E-state index in [1.54, 1.807) is 18.2 Å². The summed E-state index contributed by atoms with van der Waals surface area (Å²) in [6, 6.07) is 16.9. The van der Waals surface area contributed by atoms with Gasteiger partial charge >= 0.3 is 0 Å². The number of ether oxygens (including phenoxy) is 2. The van der Waals surface area contributed by atoms with Gasteiger partial charge in [-0.3, -0.25) is 0 Å². The second kappa shape index (κ2) is 6.46. The van der Waals surface area contributed by atoms with Crippen molar-refractivity contribution in [2.24, 2.45) is 0 Å². The van der Waals surface area contributed by atoms with Crippen molar-refractivity contribution in [2.75, 3.05) is 6.61 Å². The largest absolute Gasteiger partial charge is 0.488 e. The molecular weight excluding hydrogens is 238 g/mol. The van der Waals surface area contributed by atoms with Gasteiger partial charge in [-0.2, -0.15) is 5.26 Å². The number of para-hydroxylation sites is 2. The number of nitrogens with zero attached hydrogens (tertiary/aromatic N) is 1. The Morgan fingerprint density at radius 2 is 1.84 bits per heavy atom. The van der Waals surface area contributed by atoms with Crippen molar-refractivity contribution in [3.8, 4) is 23.3 Å². The lowest BCUT2D eigenvalue weighted by Gasteiger charge is -2.13. The summed E-state index contributed by atoms with van der Waals surface area (Å²) in [5.74, 6) is 1.80. The van der Waals surface area contributed by atoms with Crippen molar-refractivity contribution in [2.45, 2.75) is 13.3 Å². The third-order valence-corrected chi connectivity index (χ3v) is 2.52. The first-order valence-corrected chi connectivity index (χ1v) is 6.24. The minimum absolute atomic E-state index is 0.488. The highest BCUT2D eigenvalue weighted by molar-refractivity contribution is 5.53. The second-order valence-corrected chi connectivity index (χ2v) is 4.01. The van der Waals surface area contributed by atoms with Gasteiger partial charge in [0.1, 0.15) is 11.8 Å². The fourth-order valence-corrected chi connectivity index (χ4v) is 1.65. The monoisotopic (exact) mass is 253 g/mol. The predicted octanol–water partition coefficient (Wildman–Crippen LogP) is 4.14. The molecule has 0 bridgehead atoms. The van der Waals surface area contributed by atoms with Crippen LogP contribution in [0.1, 0.15) is 18.9 Å². The van der Waals surface area contributed by atoms with E-state index in [-0.39, 0.29) is 0 Å². The fourth-order valence-electron chi connectivity index (χ4n) is 1.65. The molecule has 0 unspecified atom stereocenters. The lowest BCUT2D eigenvalue weighted by molar-refractivity contribution is 0.301. The second-order valence-electron chi connectivity index (χ2n) is 4.01. The molecule has 0 aromatic heterocycles. The first kappa shape index (κ1) is 13.0. The first-order valence-electron chi connectivity index (χ1n) is 6.24. The minimum atomic E-state index is 0.488. The Morgan fingerprint density at radius 1 is 1.05 bits per heavy atom. The Hall–Kier alpha value is -2.47. The molecule has 3 heteroatoms. The van der Waals surface area contributed by atoms with Crippen molar-refractivity contribution in [1.82, 2.24) is 0 Å². The highest BCUT2D eigenvalue weighted by atomic mass is 16.5. The van der Waals surface area contributed by atoms with Crippen molar-refractivity contribution >= 4 is 0 Å². The summed E-state index contributed by atoms with van der Waals surface area (Å²) in [6.45, 7) is 2.58. The Labute approximate surface area is 113 Å². The molecule has 0 aliphatic rings. The van der Waals surface area contributed by atoms with Crippen LogP contribution in [0, 0.1) is 11.3 Å². The summed E-state index contributed by atoms with van der Waals surface area (Å²) in [5.41, 5.74) is 0.488. The molecule has 96 valence electrons. The van der Waals surface area contributed by atoms with Gasteiger partial charge in [-0.15, -0.1) is 0 Å². The molecule has 19 heavy (non-hydrogen) atoms. The zero-order chi connectivity index (χ0) is 13.5. The van der Waals surface area contributed by atoms with E-state index in [4.69, 9.17) is 14.7 Å². The molecule has 3 nitrogen and oxygen atoms in total. The van der Waals surface area contributed by atoms with Gasteiger partial charge in [0.15, 0.2) is 11.5 Å². The summed E-state index contributed by atoms with van der Waals surface area (Å²) in [7, 11) is 0. The number of benzene rings is 2.